The Hall–Kier alpha value is -4.43. The van der Waals surface area contributed by atoms with Crippen molar-refractivity contribution in [2.75, 3.05) is 58.1 Å². The van der Waals surface area contributed by atoms with Crippen LogP contribution in [-0.4, -0.2) is 91.5 Å². The third-order valence-corrected chi connectivity index (χ3v) is 10.9. The molecule has 1 amide bonds. The number of alkyl halides is 1. The van der Waals surface area contributed by atoms with E-state index in [0.717, 1.165) is 19.4 Å². The Morgan fingerprint density at radius 1 is 1.06 bits per heavy atom. The molecule has 270 valence electrons. The molecule has 0 saturated carbocycles. The van der Waals surface area contributed by atoms with Gasteiger partial charge in [0.2, 0.25) is 0 Å². The van der Waals surface area contributed by atoms with Crippen molar-refractivity contribution in [2.45, 2.75) is 62.8 Å². The minimum Gasteiger partial charge on any atom is -0.468 e. The highest BCUT2D eigenvalue weighted by Crippen LogP contribution is 2.44. The topological polar surface area (TPSA) is 98.3 Å². The Kier molecular flexibility index (Phi) is 8.56. The molecule has 1 N–H and O–H groups in total. The molecule has 8 rings (SSSR count). The number of anilines is 1. The Balaban J connectivity index is 1.30. The lowest BCUT2D eigenvalue weighted by Crippen LogP contribution is -2.51. The van der Waals surface area contributed by atoms with Gasteiger partial charge in [-0.05, 0) is 84.8 Å². The second-order valence-corrected chi connectivity index (χ2v) is 14.1. The maximum absolute atomic E-state index is 17.2. The van der Waals surface area contributed by atoms with Crippen LogP contribution in [0, 0.1) is 17.5 Å². The van der Waals surface area contributed by atoms with E-state index in [4.69, 9.17) is 23.9 Å². The second-order valence-electron chi connectivity index (χ2n) is 14.1. The van der Waals surface area contributed by atoms with E-state index in [1.165, 1.54) is 25.3 Å². The first-order valence-corrected chi connectivity index (χ1v) is 17.4. The summed E-state index contributed by atoms with van der Waals surface area (Å²) < 4.78 is 86.4. The molecule has 3 aromatic carbocycles. The van der Waals surface area contributed by atoms with Crippen LogP contribution < -0.4 is 19.7 Å². The Morgan fingerprint density at radius 3 is 2.69 bits per heavy atom. The van der Waals surface area contributed by atoms with Crippen LogP contribution in [0.2, 0.25) is 0 Å². The third-order valence-electron chi connectivity index (χ3n) is 10.9. The predicted octanol–water partition coefficient (Wildman–Crippen LogP) is 6.45. The average molecular weight is 710 g/mol. The van der Waals surface area contributed by atoms with Gasteiger partial charge in [-0.3, -0.25) is 4.90 Å². The highest BCUT2D eigenvalue weighted by atomic mass is 19.1. The molecule has 4 saturated heterocycles. The summed E-state index contributed by atoms with van der Waals surface area (Å²) in [7, 11) is 1.45. The van der Waals surface area contributed by atoms with Gasteiger partial charge in [-0.25, -0.2) is 22.4 Å². The van der Waals surface area contributed by atoms with Crippen molar-refractivity contribution >= 4 is 33.6 Å². The van der Waals surface area contributed by atoms with E-state index < -0.39 is 46.4 Å². The summed E-state index contributed by atoms with van der Waals surface area (Å²) in [5.41, 5.74) is -1.58. The number of benzene rings is 3. The molecule has 0 bridgehead atoms. The number of nitrogens with zero attached hydrogens (tertiary/aromatic N) is 4. The van der Waals surface area contributed by atoms with Crippen molar-refractivity contribution < 1.29 is 41.3 Å². The second kappa shape index (κ2) is 13.0. The zero-order chi connectivity index (χ0) is 35.5. The van der Waals surface area contributed by atoms with Crippen LogP contribution in [0.15, 0.2) is 30.3 Å². The molecular weight excluding hydrogens is 670 g/mol. The number of hydrogen-bond donors (Lipinski definition) is 1. The smallest absolute Gasteiger partial charge is 0.407 e. The Morgan fingerprint density at radius 2 is 1.90 bits per heavy atom. The van der Waals surface area contributed by atoms with Gasteiger partial charge in [-0.1, -0.05) is 13.0 Å². The van der Waals surface area contributed by atoms with Crippen LogP contribution >= 0.6 is 0 Å². The fourth-order valence-corrected chi connectivity index (χ4v) is 8.61. The molecule has 1 unspecified atom stereocenters. The summed E-state index contributed by atoms with van der Waals surface area (Å²) in [6.07, 6.45) is 1.96. The largest absolute Gasteiger partial charge is 0.468 e. The lowest BCUT2D eigenvalue weighted by Gasteiger charge is -2.39. The first-order valence-electron chi connectivity index (χ1n) is 17.4. The van der Waals surface area contributed by atoms with Crippen LogP contribution in [0.1, 0.15) is 44.6 Å². The van der Waals surface area contributed by atoms with E-state index in [1.807, 2.05) is 4.90 Å². The van der Waals surface area contributed by atoms with Gasteiger partial charge in [0.1, 0.15) is 47.1 Å². The SMILES string of the molecule is CCc1c(F)ccc2cc(OCOC)cc(-c3c(F)cc4c(N5CCCC6(CNC(=O)O6)C5)nc(OC[C@@]56CCCN5C[C@H](F)C6)nc4c3F)c12. The number of nitrogens with one attached hydrogen (secondary N) is 1. The molecule has 14 heteroatoms. The zero-order valence-corrected chi connectivity index (χ0v) is 28.5. The third kappa shape index (κ3) is 5.85. The van der Waals surface area contributed by atoms with Crippen LogP contribution in [0.3, 0.4) is 0 Å². The number of carbonyl (C=O) groups excluding carboxylic acids is 1. The van der Waals surface area contributed by atoms with E-state index in [2.05, 4.69) is 15.2 Å². The number of hydrogen-bond acceptors (Lipinski definition) is 9. The highest BCUT2D eigenvalue weighted by molar-refractivity contribution is 6.03. The number of halogens is 4. The number of amides is 1. The normalized spacial score (nSPS) is 24.8. The van der Waals surface area contributed by atoms with Gasteiger partial charge in [0, 0.05) is 32.0 Å². The molecule has 3 atom stereocenters. The van der Waals surface area contributed by atoms with Gasteiger partial charge in [-0.15, -0.1) is 0 Å². The number of carbonyl (C=O) groups is 1. The summed E-state index contributed by atoms with van der Waals surface area (Å²) in [6.45, 7) is 3.83. The van der Waals surface area contributed by atoms with Gasteiger partial charge in [0.15, 0.2) is 12.6 Å². The standard InChI is InChI=1S/C37H39F4N5O5/c1-3-24-27(39)7-6-21-12-23(50-20-48-2)13-25(29(21)24)30-28(40)14-26-32(31(30)41)43-34(49-19-36-8-4-11-46(36)16-22(38)15-36)44-33(26)45-10-5-9-37(18-45)17-42-35(47)51-37/h6-7,12-14,22H,3-5,8-11,15-20H2,1-2H3,(H,42,47)/t22-,36+,37?/m1/s1. The van der Waals surface area contributed by atoms with E-state index >= 15 is 13.2 Å². The van der Waals surface area contributed by atoms with Crippen LogP contribution in [0.5, 0.6) is 11.8 Å². The van der Waals surface area contributed by atoms with Crippen molar-refractivity contribution in [3.8, 4) is 22.9 Å². The highest BCUT2D eigenvalue weighted by Gasteiger charge is 2.50. The number of alkyl carbamates (subject to hydrolysis) is 1. The summed E-state index contributed by atoms with van der Waals surface area (Å²) in [6, 6.07) is 7.07. The number of fused-ring (bicyclic) bond motifs is 3. The first-order chi connectivity index (χ1) is 24.6. The zero-order valence-electron chi connectivity index (χ0n) is 28.5. The summed E-state index contributed by atoms with van der Waals surface area (Å²) >= 11 is 0. The molecule has 1 spiro atoms. The van der Waals surface area contributed by atoms with Gasteiger partial charge < -0.3 is 29.2 Å². The van der Waals surface area contributed by atoms with Crippen molar-refractivity contribution in [1.29, 1.82) is 0 Å². The molecule has 0 radical (unpaired) electrons. The van der Waals surface area contributed by atoms with Crippen molar-refractivity contribution in [1.82, 2.24) is 20.2 Å². The number of methoxy groups -OCH3 is 1. The minimum absolute atomic E-state index is 0.0933. The summed E-state index contributed by atoms with van der Waals surface area (Å²) in [4.78, 5) is 25.3. The van der Waals surface area contributed by atoms with Crippen molar-refractivity contribution in [2.24, 2.45) is 0 Å². The average Bonchev–Trinajstić information content (AvgIpc) is 3.77. The van der Waals surface area contributed by atoms with Gasteiger partial charge in [0.25, 0.3) is 0 Å². The van der Waals surface area contributed by atoms with Gasteiger partial charge >= 0.3 is 12.1 Å². The van der Waals surface area contributed by atoms with Gasteiger partial charge in [-0.2, -0.15) is 9.97 Å². The fraction of sp³-hybridized carbons (Fsp3) is 0.486. The number of aromatic nitrogens is 2. The van der Waals surface area contributed by atoms with E-state index in [9.17, 15) is 9.18 Å². The molecule has 5 heterocycles. The molecule has 4 fully saturated rings. The van der Waals surface area contributed by atoms with E-state index in [1.54, 1.807) is 19.1 Å². The van der Waals surface area contributed by atoms with E-state index in [0.29, 0.717) is 48.7 Å². The summed E-state index contributed by atoms with van der Waals surface area (Å²) in [5.74, 6) is -1.89. The molecule has 51 heavy (non-hydrogen) atoms. The summed E-state index contributed by atoms with van der Waals surface area (Å²) in [5, 5.41) is 3.70. The molecule has 4 aliphatic rings. The van der Waals surface area contributed by atoms with Gasteiger partial charge in [0.05, 0.1) is 24.2 Å². The molecule has 4 aliphatic heterocycles. The number of aryl methyl sites for hydroxylation is 1. The van der Waals surface area contributed by atoms with Crippen molar-refractivity contribution in [3.63, 3.8) is 0 Å². The molecule has 0 aliphatic carbocycles. The van der Waals surface area contributed by atoms with Crippen LogP contribution in [-0.2, 0) is 15.9 Å². The van der Waals surface area contributed by atoms with E-state index in [-0.39, 0.29) is 67.0 Å². The van der Waals surface area contributed by atoms with Crippen LogP contribution in [0.4, 0.5) is 28.2 Å². The molecule has 10 nitrogen and oxygen atoms in total. The molecular formula is C37H39F4N5O5. The molecule has 4 aromatic rings. The van der Waals surface area contributed by atoms with Crippen LogP contribution in [0.25, 0.3) is 32.8 Å². The monoisotopic (exact) mass is 709 g/mol. The predicted molar refractivity (Wildman–Crippen MR) is 181 cm³/mol. The lowest BCUT2D eigenvalue weighted by molar-refractivity contribution is 0.0445. The minimum atomic E-state index is -0.985. The Bertz CT molecular complexity index is 2040. The fourth-order valence-electron chi connectivity index (χ4n) is 8.61. The first kappa shape index (κ1) is 33.7. The number of piperidine rings is 1. The maximum Gasteiger partial charge on any atom is 0.407 e. The quantitative estimate of drug-likeness (QED) is 0.156. The van der Waals surface area contributed by atoms with Crippen molar-refractivity contribution in [3.05, 3.63) is 53.3 Å². The number of ether oxygens (including phenoxy) is 4. The molecule has 1 aromatic heterocycles. The maximum atomic E-state index is 17.2. The number of rotatable bonds is 9. The Labute approximate surface area is 292 Å². The lowest BCUT2D eigenvalue weighted by atomic mass is 9.91.